The molecule has 0 aliphatic carbocycles. The number of amides is 1. The summed E-state index contributed by atoms with van der Waals surface area (Å²) in [6.07, 6.45) is 0.437. The van der Waals surface area contributed by atoms with Crippen LogP contribution >= 0.6 is 23.2 Å². The lowest BCUT2D eigenvalue weighted by molar-refractivity contribution is 0.0927. The van der Waals surface area contributed by atoms with Crippen molar-refractivity contribution in [1.29, 1.82) is 0 Å². The Labute approximate surface area is 131 Å². The Kier molecular flexibility index (Phi) is 3.30. The molecule has 2 aromatic rings. The van der Waals surface area contributed by atoms with E-state index in [0.29, 0.717) is 17.1 Å². The van der Waals surface area contributed by atoms with E-state index in [-0.39, 0.29) is 16.5 Å². The molecule has 1 aliphatic rings. The van der Waals surface area contributed by atoms with E-state index in [4.69, 9.17) is 23.2 Å². The molecule has 21 heavy (non-hydrogen) atoms. The molecule has 1 aliphatic heterocycles. The van der Waals surface area contributed by atoms with Crippen LogP contribution in [-0.4, -0.2) is 10.5 Å². The Morgan fingerprint density at radius 2 is 1.95 bits per heavy atom. The number of nitrogens with zero attached hydrogens (tertiary/aromatic N) is 1. The van der Waals surface area contributed by atoms with Crippen LogP contribution in [-0.2, 0) is 12.1 Å². The average molecular weight is 323 g/mol. The number of rotatable bonds is 2. The van der Waals surface area contributed by atoms with E-state index in [9.17, 15) is 9.59 Å². The quantitative estimate of drug-likeness (QED) is 0.924. The highest BCUT2D eigenvalue weighted by Crippen LogP contribution is 2.26. The lowest BCUT2D eigenvalue weighted by atomic mass is 10.0. The zero-order valence-corrected chi connectivity index (χ0v) is 12.7. The van der Waals surface area contributed by atoms with Crippen LogP contribution in [0, 0.1) is 0 Å². The number of nitrogens with one attached hydrogen (secondary N) is 1. The molecule has 4 nitrogen and oxygen atoms in total. The number of fused-ring (bicyclic) bond motifs is 1. The van der Waals surface area contributed by atoms with Gasteiger partial charge < -0.3 is 5.32 Å². The molecule has 1 N–H and O–H groups in total. The summed E-state index contributed by atoms with van der Waals surface area (Å²) >= 11 is 11.9. The molecule has 1 unspecified atom stereocenters. The number of hydrogen-bond acceptors (Lipinski definition) is 2. The summed E-state index contributed by atoms with van der Waals surface area (Å²) in [7, 11) is 0. The molecule has 1 aromatic heterocycles. The molecule has 1 aromatic carbocycles. The average Bonchev–Trinajstić information content (AvgIpc) is 2.65. The lowest BCUT2D eigenvalue weighted by Gasteiger charge is -2.27. The zero-order chi connectivity index (χ0) is 15.2. The van der Waals surface area contributed by atoms with Gasteiger partial charge in [0.25, 0.3) is 11.5 Å². The van der Waals surface area contributed by atoms with Gasteiger partial charge in [-0.1, -0.05) is 35.3 Å². The van der Waals surface area contributed by atoms with E-state index < -0.39 is 5.66 Å². The Morgan fingerprint density at radius 1 is 1.19 bits per heavy atom. The minimum absolute atomic E-state index is 0.0903. The molecule has 3 rings (SSSR count). The van der Waals surface area contributed by atoms with E-state index in [1.54, 1.807) is 19.1 Å². The number of benzene rings is 1. The summed E-state index contributed by atoms with van der Waals surface area (Å²) in [6.45, 7) is 1.79. The smallest absolute Gasteiger partial charge is 0.271 e. The normalized spacial score (nSPS) is 20.2. The van der Waals surface area contributed by atoms with Gasteiger partial charge in [0.15, 0.2) is 0 Å². The summed E-state index contributed by atoms with van der Waals surface area (Å²) in [5.41, 5.74) is -0.00462. The summed E-state index contributed by atoms with van der Waals surface area (Å²) < 4.78 is 1.42. The second-order valence-corrected chi connectivity index (χ2v) is 6.09. The first-order chi connectivity index (χ1) is 9.90. The molecule has 0 saturated heterocycles. The van der Waals surface area contributed by atoms with Crippen molar-refractivity contribution >= 4 is 29.1 Å². The number of pyridine rings is 1. The van der Waals surface area contributed by atoms with Gasteiger partial charge in [0.1, 0.15) is 16.4 Å². The van der Waals surface area contributed by atoms with Crippen molar-refractivity contribution < 1.29 is 4.79 Å². The molecule has 1 amide bonds. The zero-order valence-electron chi connectivity index (χ0n) is 11.2. The van der Waals surface area contributed by atoms with Gasteiger partial charge in [-0.25, -0.2) is 0 Å². The van der Waals surface area contributed by atoms with Crippen LogP contribution in [0.25, 0.3) is 0 Å². The van der Waals surface area contributed by atoms with Crippen molar-refractivity contribution in [2.45, 2.75) is 19.0 Å². The third-order valence-electron chi connectivity index (χ3n) is 3.58. The molecule has 6 heteroatoms. The van der Waals surface area contributed by atoms with Gasteiger partial charge in [-0.3, -0.25) is 14.2 Å². The Bertz CT molecular complexity index is 801. The van der Waals surface area contributed by atoms with Crippen LogP contribution < -0.4 is 10.9 Å². The Hall–Kier alpha value is -1.78. The highest BCUT2D eigenvalue weighted by atomic mass is 35.5. The Morgan fingerprint density at radius 3 is 2.67 bits per heavy atom. The maximum Gasteiger partial charge on any atom is 0.271 e. The molecule has 108 valence electrons. The molecular weight excluding hydrogens is 311 g/mol. The minimum atomic E-state index is -0.862. The summed E-state index contributed by atoms with van der Waals surface area (Å²) in [5.74, 6) is -0.284. The summed E-state index contributed by atoms with van der Waals surface area (Å²) in [4.78, 5) is 24.4. The SMILES string of the molecule is CC1(Cc2cccc(Cl)c2)NC(=O)c2ccc(Cl)c(=O)n21. The first-order valence-electron chi connectivity index (χ1n) is 6.40. The van der Waals surface area contributed by atoms with Crippen molar-refractivity contribution in [2.75, 3.05) is 0 Å². The molecule has 2 heterocycles. The highest BCUT2D eigenvalue weighted by molar-refractivity contribution is 6.30. The van der Waals surface area contributed by atoms with Crippen LogP contribution in [0.1, 0.15) is 23.0 Å². The highest BCUT2D eigenvalue weighted by Gasteiger charge is 2.39. The number of hydrogen-bond donors (Lipinski definition) is 1. The van der Waals surface area contributed by atoms with Gasteiger partial charge in [0.05, 0.1) is 0 Å². The lowest BCUT2D eigenvalue weighted by Crippen LogP contribution is -2.46. The number of carbonyl (C=O) groups excluding carboxylic acids is 1. The van der Waals surface area contributed by atoms with Gasteiger partial charge in [-0.05, 0) is 36.8 Å². The third kappa shape index (κ3) is 2.34. The second kappa shape index (κ2) is 4.90. The Balaban J connectivity index is 2.11. The molecule has 0 fully saturated rings. The molecule has 0 saturated carbocycles. The van der Waals surface area contributed by atoms with Crippen LogP contribution in [0.5, 0.6) is 0 Å². The van der Waals surface area contributed by atoms with Gasteiger partial charge in [-0.2, -0.15) is 0 Å². The van der Waals surface area contributed by atoms with Crippen molar-refractivity contribution in [2.24, 2.45) is 0 Å². The van der Waals surface area contributed by atoms with Crippen LogP contribution in [0.4, 0.5) is 0 Å². The number of halogens is 2. The first kappa shape index (κ1) is 14.2. The van der Waals surface area contributed by atoms with Crippen molar-refractivity contribution in [3.8, 4) is 0 Å². The maximum absolute atomic E-state index is 12.3. The van der Waals surface area contributed by atoms with Crippen LogP contribution in [0.2, 0.25) is 10.0 Å². The van der Waals surface area contributed by atoms with E-state index in [2.05, 4.69) is 5.32 Å². The molecule has 0 bridgehead atoms. The van der Waals surface area contributed by atoms with Gasteiger partial charge in [-0.15, -0.1) is 0 Å². The predicted octanol–water partition coefficient (Wildman–Crippen LogP) is 2.81. The van der Waals surface area contributed by atoms with Gasteiger partial charge in [0, 0.05) is 11.4 Å². The number of carbonyl (C=O) groups is 1. The first-order valence-corrected chi connectivity index (χ1v) is 7.15. The largest absolute Gasteiger partial charge is 0.327 e. The summed E-state index contributed by atoms with van der Waals surface area (Å²) in [5, 5.41) is 3.55. The van der Waals surface area contributed by atoms with E-state index in [1.165, 1.54) is 10.6 Å². The molecule has 0 spiro atoms. The standard InChI is InChI=1S/C15H12Cl2N2O2/c1-15(8-9-3-2-4-10(16)7-9)18-13(20)12-6-5-11(17)14(21)19(12)15/h2-7H,8H2,1H3,(H,18,20). The van der Waals surface area contributed by atoms with Crippen LogP contribution in [0.15, 0.2) is 41.2 Å². The topological polar surface area (TPSA) is 51.1 Å². The van der Waals surface area contributed by atoms with E-state index in [0.717, 1.165) is 5.56 Å². The van der Waals surface area contributed by atoms with Crippen molar-refractivity contribution in [3.63, 3.8) is 0 Å². The fourth-order valence-electron chi connectivity index (χ4n) is 2.71. The van der Waals surface area contributed by atoms with E-state index >= 15 is 0 Å². The van der Waals surface area contributed by atoms with Crippen molar-refractivity contribution in [3.05, 3.63) is 68.1 Å². The molecule has 0 radical (unpaired) electrons. The number of aromatic nitrogens is 1. The minimum Gasteiger partial charge on any atom is -0.327 e. The third-order valence-corrected chi connectivity index (χ3v) is 4.10. The monoisotopic (exact) mass is 322 g/mol. The van der Waals surface area contributed by atoms with Gasteiger partial charge in [0.2, 0.25) is 0 Å². The van der Waals surface area contributed by atoms with Crippen molar-refractivity contribution in [1.82, 2.24) is 9.88 Å². The fraction of sp³-hybridized carbons (Fsp3) is 0.200. The molecule has 1 atom stereocenters. The summed E-state index contributed by atoms with van der Waals surface area (Å²) in [6, 6.07) is 10.3. The fourth-order valence-corrected chi connectivity index (χ4v) is 3.07. The van der Waals surface area contributed by atoms with E-state index in [1.807, 2.05) is 18.2 Å². The predicted molar refractivity (Wildman–Crippen MR) is 82.0 cm³/mol. The van der Waals surface area contributed by atoms with Gasteiger partial charge >= 0.3 is 0 Å². The second-order valence-electron chi connectivity index (χ2n) is 5.24. The maximum atomic E-state index is 12.3. The van der Waals surface area contributed by atoms with Crippen LogP contribution in [0.3, 0.4) is 0 Å². The molecular formula is C15H12Cl2N2O2.